The van der Waals surface area contributed by atoms with Crippen molar-refractivity contribution in [3.05, 3.63) is 53.0 Å². The van der Waals surface area contributed by atoms with Crippen LogP contribution >= 0.6 is 27.7 Å². The molecule has 0 bridgehead atoms. The van der Waals surface area contributed by atoms with Gasteiger partial charge in [-0.25, -0.2) is 8.42 Å². The van der Waals surface area contributed by atoms with Crippen LogP contribution in [0.4, 0.5) is 5.69 Å². The summed E-state index contributed by atoms with van der Waals surface area (Å²) in [6.07, 6.45) is 1.96. The van der Waals surface area contributed by atoms with Gasteiger partial charge in [0, 0.05) is 15.9 Å². The summed E-state index contributed by atoms with van der Waals surface area (Å²) in [5.74, 6) is 0. The summed E-state index contributed by atoms with van der Waals surface area (Å²) in [6.45, 7) is 2.20. The lowest BCUT2D eigenvalue weighted by molar-refractivity contribution is 0.591. The van der Waals surface area contributed by atoms with Crippen molar-refractivity contribution >= 4 is 43.4 Å². The molecule has 112 valence electrons. The maximum Gasteiger partial charge on any atom is 0.264 e. The Hall–Kier alpha value is -0.980. The Balaban J connectivity index is 2.47. The molecule has 0 saturated carbocycles. The van der Waals surface area contributed by atoms with Gasteiger partial charge in [-0.05, 0) is 65.5 Å². The quantitative estimate of drug-likeness (QED) is 0.716. The number of rotatable bonds is 5. The Labute approximate surface area is 138 Å². The smallest absolute Gasteiger partial charge is 0.264 e. The number of benzene rings is 2. The number of halogens is 1. The fourth-order valence-electron chi connectivity index (χ4n) is 2.00. The van der Waals surface area contributed by atoms with Gasteiger partial charge in [0.2, 0.25) is 0 Å². The maximum atomic E-state index is 12.8. The van der Waals surface area contributed by atoms with E-state index < -0.39 is 10.0 Å². The van der Waals surface area contributed by atoms with Gasteiger partial charge in [0.15, 0.2) is 0 Å². The van der Waals surface area contributed by atoms with E-state index in [4.69, 9.17) is 0 Å². The molecule has 0 atom stereocenters. The van der Waals surface area contributed by atoms with Gasteiger partial charge in [-0.2, -0.15) is 0 Å². The summed E-state index contributed by atoms with van der Waals surface area (Å²) in [5, 5.41) is 0. The molecule has 3 nitrogen and oxygen atoms in total. The van der Waals surface area contributed by atoms with Crippen molar-refractivity contribution in [3.63, 3.8) is 0 Å². The molecule has 0 amide bonds. The van der Waals surface area contributed by atoms with E-state index in [0.717, 1.165) is 9.37 Å². The molecule has 0 fully saturated rings. The first-order chi connectivity index (χ1) is 10.0. The van der Waals surface area contributed by atoms with Crippen molar-refractivity contribution in [1.29, 1.82) is 0 Å². The highest BCUT2D eigenvalue weighted by Gasteiger charge is 2.24. The summed E-state index contributed by atoms with van der Waals surface area (Å²) in [6, 6.07) is 14.3. The zero-order valence-electron chi connectivity index (χ0n) is 11.8. The average Bonchev–Trinajstić information content (AvgIpc) is 2.50. The molecule has 0 aliphatic heterocycles. The van der Waals surface area contributed by atoms with Crippen LogP contribution in [0.15, 0.2) is 62.8 Å². The molecule has 0 aliphatic rings. The first-order valence-corrected chi connectivity index (χ1v) is 9.87. The second-order valence-corrected chi connectivity index (χ2v) is 7.89. The molecule has 0 N–H and O–H groups in total. The third-order valence-electron chi connectivity index (χ3n) is 3.06. The van der Waals surface area contributed by atoms with Crippen LogP contribution in [0.1, 0.15) is 6.92 Å². The van der Waals surface area contributed by atoms with Crippen LogP contribution in [-0.2, 0) is 10.0 Å². The second kappa shape index (κ2) is 6.85. The number of hydrogen-bond donors (Lipinski definition) is 0. The lowest BCUT2D eigenvalue weighted by atomic mass is 10.3. The highest BCUT2D eigenvalue weighted by molar-refractivity contribution is 9.10. The highest BCUT2D eigenvalue weighted by Crippen LogP contribution is 2.30. The highest BCUT2D eigenvalue weighted by atomic mass is 79.9. The van der Waals surface area contributed by atoms with Crippen LogP contribution in [0.25, 0.3) is 0 Å². The molecule has 21 heavy (non-hydrogen) atoms. The van der Waals surface area contributed by atoms with Crippen molar-refractivity contribution in [2.24, 2.45) is 0 Å². The first kappa shape index (κ1) is 16.4. The van der Waals surface area contributed by atoms with Gasteiger partial charge in [0.1, 0.15) is 0 Å². The molecule has 2 rings (SSSR count). The number of anilines is 1. The fraction of sp³-hybridized carbons (Fsp3) is 0.200. The minimum Gasteiger partial charge on any atom is -0.265 e. The number of sulfonamides is 1. The minimum absolute atomic E-state index is 0.304. The summed E-state index contributed by atoms with van der Waals surface area (Å²) in [5.41, 5.74) is 0.647. The van der Waals surface area contributed by atoms with E-state index in [1.165, 1.54) is 4.31 Å². The molecule has 2 aromatic rings. The lowest BCUT2D eigenvalue weighted by Crippen LogP contribution is -2.31. The first-order valence-electron chi connectivity index (χ1n) is 6.42. The summed E-state index contributed by atoms with van der Waals surface area (Å²) in [4.78, 5) is 1.34. The average molecular weight is 386 g/mol. The normalized spacial score (nSPS) is 11.4. The van der Waals surface area contributed by atoms with E-state index in [1.54, 1.807) is 30.0 Å². The molecule has 0 aromatic heterocycles. The Morgan fingerprint density at radius 1 is 1.10 bits per heavy atom. The van der Waals surface area contributed by atoms with E-state index in [2.05, 4.69) is 15.9 Å². The van der Waals surface area contributed by atoms with E-state index in [1.807, 2.05) is 43.5 Å². The van der Waals surface area contributed by atoms with Gasteiger partial charge in [-0.15, -0.1) is 11.8 Å². The zero-order chi connectivity index (χ0) is 15.5. The monoisotopic (exact) mass is 385 g/mol. The van der Waals surface area contributed by atoms with Gasteiger partial charge in [-0.1, -0.05) is 12.1 Å². The Morgan fingerprint density at radius 3 is 2.24 bits per heavy atom. The summed E-state index contributed by atoms with van der Waals surface area (Å²) >= 11 is 5.00. The van der Waals surface area contributed by atoms with Crippen molar-refractivity contribution in [2.45, 2.75) is 16.7 Å². The molecule has 2 aromatic carbocycles. The van der Waals surface area contributed by atoms with E-state index >= 15 is 0 Å². The predicted octanol–water partition coefficient (Wildman–Crippen LogP) is 4.39. The molecule has 0 unspecified atom stereocenters. The number of para-hydroxylation sites is 1. The SMILES string of the molecule is CCN(c1ccccc1Br)S(=O)(=O)c1ccc(SC)cc1. The zero-order valence-corrected chi connectivity index (χ0v) is 15.0. The fourth-order valence-corrected chi connectivity index (χ4v) is 4.52. The summed E-state index contributed by atoms with van der Waals surface area (Å²) < 4.78 is 27.8. The molecule has 0 spiro atoms. The van der Waals surface area contributed by atoms with Crippen molar-refractivity contribution in [3.8, 4) is 0 Å². The van der Waals surface area contributed by atoms with Crippen molar-refractivity contribution < 1.29 is 8.42 Å². The van der Waals surface area contributed by atoms with Gasteiger partial charge in [0.25, 0.3) is 10.0 Å². The summed E-state index contributed by atoms with van der Waals surface area (Å²) in [7, 11) is -3.56. The van der Waals surface area contributed by atoms with E-state index in [9.17, 15) is 8.42 Å². The van der Waals surface area contributed by atoms with E-state index in [-0.39, 0.29) is 0 Å². The molecule has 6 heteroatoms. The van der Waals surface area contributed by atoms with Gasteiger partial charge in [-0.3, -0.25) is 4.31 Å². The largest absolute Gasteiger partial charge is 0.265 e. The van der Waals surface area contributed by atoms with Crippen LogP contribution in [0.3, 0.4) is 0 Å². The Morgan fingerprint density at radius 2 is 1.71 bits per heavy atom. The van der Waals surface area contributed by atoms with E-state index in [0.29, 0.717) is 17.1 Å². The number of hydrogen-bond acceptors (Lipinski definition) is 3. The van der Waals surface area contributed by atoms with Gasteiger partial charge < -0.3 is 0 Å². The van der Waals surface area contributed by atoms with Gasteiger partial charge in [0.05, 0.1) is 10.6 Å². The third-order valence-corrected chi connectivity index (χ3v) is 6.37. The number of thioether (sulfide) groups is 1. The molecule has 0 aliphatic carbocycles. The van der Waals surface area contributed by atoms with Crippen LogP contribution < -0.4 is 4.31 Å². The van der Waals surface area contributed by atoms with Crippen molar-refractivity contribution in [1.82, 2.24) is 0 Å². The van der Waals surface area contributed by atoms with Crippen LogP contribution in [-0.4, -0.2) is 21.2 Å². The van der Waals surface area contributed by atoms with Crippen LogP contribution in [0.2, 0.25) is 0 Å². The molecule has 0 radical (unpaired) electrons. The Kier molecular flexibility index (Phi) is 5.35. The Bertz CT molecular complexity index is 715. The molecule has 0 heterocycles. The number of nitrogens with zero attached hydrogens (tertiary/aromatic N) is 1. The molecular formula is C15H16BrNO2S2. The standard InChI is InChI=1S/C15H16BrNO2S2/c1-3-17(15-7-5-4-6-14(15)16)21(18,19)13-10-8-12(20-2)9-11-13/h4-11H,3H2,1-2H3. The topological polar surface area (TPSA) is 37.4 Å². The van der Waals surface area contributed by atoms with Gasteiger partial charge >= 0.3 is 0 Å². The van der Waals surface area contributed by atoms with Crippen LogP contribution in [0, 0.1) is 0 Å². The van der Waals surface area contributed by atoms with Crippen molar-refractivity contribution in [2.75, 3.05) is 17.1 Å². The second-order valence-electron chi connectivity index (χ2n) is 4.30. The molecular weight excluding hydrogens is 370 g/mol. The third kappa shape index (κ3) is 3.44. The van der Waals surface area contributed by atoms with Crippen LogP contribution in [0.5, 0.6) is 0 Å². The maximum absolute atomic E-state index is 12.8. The predicted molar refractivity (Wildman–Crippen MR) is 92.6 cm³/mol. The molecule has 0 saturated heterocycles. The lowest BCUT2D eigenvalue weighted by Gasteiger charge is -2.24. The minimum atomic E-state index is -3.56.